The minimum absolute atomic E-state index is 0.0222. The molecule has 1 aromatic carbocycles. The van der Waals surface area contributed by atoms with E-state index < -0.39 is 18.4 Å². The number of aryl methyl sites for hydroxylation is 2. The van der Waals surface area contributed by atoms with Crippen molar-refractivity contribution in [1.29, 1.82) is 0 Å². The van der Waals surface area contributed by atoms with Gasteiger partial charge in [0.05, 0.1) is 12.1 Å². The minimum Gasteiger partial charge on any atom is -0.350 e. The number of alkyl halides is 3. The fraction of sp³-hybridized carbons (Fsp3) is 0.312. The highest BCUT2D eigenvalue weighted by Crippen LogP contribution is 2.39. The lowest BCUT2D eigenvalue weighted by atomic mass is 10.0. The summed E-state index contributed by atoms with van der Waals surface area (Å²) in [5.74, 6) is -2.84. The molecule has 0 amide bonds. The van der Waals surface area contributed by atoms with Crippen LogP contribution in [0.25, 0.3) is 0 Å². The number of oxime groups is 1. The molecule has 0 bridgehead atoms. The summed E-state index contributed by atoms with van der Waals surface area (Å²) in [6, 6.07) is 8.31. The largest absolute Gasteiger partial charge is 0.458 e. The molecule has 0 spiro atoms. The quantitative estimate of drug-likeness (QED) is 0.887. The molecule has 132 valence electrons. The average Bonchev–Trinajstić information content (AvgIpc) is 2.90. The summed E-state index contributed by atoms with van der Waals surface area (Å²) >= 11 is 0. The topological polar surface area (TPSA) is 79.6 Å². The van der Waals surface area contributed by atoms with Crippen LogP contribution in [-0.4, -0.2) is 32.7 Å². The van der Waals surface area contributed by atoms with Gasteiger partial charge in [-0.1, -0.05) is 17.3 Å². The van der Waals surface area contributed by atoms with Crippen molar-refractivity contribution in [3.63, 3.8) is 0 Å². The minimum atomic E-state index is -4.92. The molecule has 1 atom stereocenters. The van der Waals surface area contributed by atoms with Crippen molar-refractivity contribution in [3.05, 3.63) is 47.3 Å². The van der Waals surface area contributed by atoms with Crippen LogP contribution in [0.4, 0.5) is 24.8 Å². The van der Waals surface area contributed by atoms with Crippen LogP contribution in [-0.2, 0) is 4.84 Å². The maximum atomic E-state index is 12.7. The lowest BCUT2D eigenvalue weighted by Crippen LogP contribution is -2.45. The Labute approximate surface area is 141 Å². The van der Waals surface area contributed by atoms with E-state index in [4.69, 9.17) is 0 Å². The smallest absolute Gasteiger partial charge is 0.350 e. The Kier molecular flexibility index (Phi) is 4.11. The first-order valence-electron chi connectivity index (χ1n) is 7.40. The van der Waals surface area contributed by atoms with Gasteiger partial charge in [-0.2, -0.15) is 13.2 Å². The third kappa shape index (κ3) is 3.55. The Morgan fingerprint density at radius 3 is 2.24 bits per heavy atom. The van der Waals surface area contributed by atoms with E-state index in [0.717, 1.165) is 11.4 Å². The van der Waals surface area contributed by atoms with Crippen LogP contribution in [0, 0.1) is 13.8 Å². The van der Waals surface area contributed by atoms with Gasteiger partial charge < -0.3 is 15.3 Å². The van der Waals surface area contributed by atoms with Crippen LogP contribution in [0.1, 0.15) is 23.4 Å². The molecule has 0 radical (unpaired) electrons. The van der Waals surface area contributed by atoms with Crippen LogP contribution < -0.4 is 5.32 Å². The number of nitrogens with zero attached hydrogens (tertiary/aromatic N) is 3. The van der Waals surface area contributed by atoms with Gasteiger partial charge >= 0.3 is 12.0 Å². The maximum absolute atomic E-state index is 12.7. The van der Waals surface area contributed by atoms with Crippen LogP contribution >= 0.6 is 0 Å². The number of halogens is 3. The molecule has 3 rings (SSSR count). The van der Waals surface area contributed by atoms with Crippen molar-refractivity contribution >= 4 is 17.3 Å². The van der Waals surface area contributed by atoms with Crippen molar-refractivity contribution in [3.8, 4) is 0 Å². The molecule has 0 aliphatic carbocycles. The van der Waals surface area contributed by atoms with E-state index in [-0.39, 0.29) is 5.71 Å². The molecule has 9 heteroatoms. The third-order valence-electron chi connectivity index (χ3n) is 3.61. The van der Waals surface area contributed by atoms with Gasteiger partial charge in [0.2, 0.25) is 5.95 Å². The van der Waals surface area contributed by atoms with E-state index in [9.17, 15) is 18.3 Å². The zero-order valence-electron chi connectivity index (χ0n) is 13.4. The first kappa shape index (κ1) is 17.2. The SMILES string of the molecule is Cc1cc(C)nc(Nc2ccc(C3=NOC(O)(C(F)(F)F)C3)cc2)n1. The normalized spacial score (nSPS) is 20.2. The van der Waals surface area contributed by atoms with E-state index >= 15 is 0 Å². The number of hydrogen-bond acceptors (Lipinski definition) is 6. The fourth-order valence-corrected chi connectivity index (χ4v) is 2.39. The van der Waals surface area contributed by atoms with Crippen molar-refractivity contribution in [1.82, 2.24) is 9.97 Å². The standard InChI is InChI=1S/C16H15F3N4O2/c1-9-7-10(2)21-14(20-9)22-12-5-3-11(4-6-12)13-8-15(24,25-23-13)16(17,18)19/h3-7,24H,8H2,1-2H3,(H,20,21,22). The second kappa shape index (κ2) is 5.99. The molecule has 0 saturated heterocycles. The van der Waals surface area contributed by atoms with E-state index in [1.807, 2.05) is 19.9 Å². The highest BCUT2D eigenvalue weighted by atomic mass is 19.4. The monoisotopic (exact) mass is 352 g/mol. The summed E-state index contributed by atoms with van der Waals surface area (Å²) < 4.78 is 38.2. The zero-order valence-corrected chi connectivity index (χ0v) is 13.4. The molecular formula is C16H15F3N4O2. The van der Waals surface area contributed by atoms with Crippen molar-refractivity contribution in [2.45, 2.75) is 32.2 Å². The van der Waals surface area contributed by atoms with Gasteiger partial charge in [-0.15, -0.1) is 0 Å². The molecule has 0 saturated carbocycles. The molecule has 6 nitrogen and oxygen atoms in total. The number of rotatable bonds is 3. The lowest BCUT2D eigenvalue weighted by Gasteiger charge is -2.22. The highest BCUT2D eigenvalue weighted by Gasteiger charge is 2.60. The van der Waals surface area contributed by atoms with Crippen molar-refractivity contribution in [2.75, 3.05) is 5.32 Å². The third-order valence-corrected chi connectivity index (χ3v) is 3.61. The highest BCUT2D eigenvalue weighted by molar-refractivity contribution is 6.01. The van der Waals surface area contributed by atoms with Gasteiger partial charge in [0.1, 0.15) is 0 Å². The molecule has 2 N–H and O–H groups in total. The summed E-state index contributed by atoms with van der Waals surface area (Å²) in [5, 5.41) is 15.9. The average molecular weight is 352 g/mol. The predicted octanol–water partition coefficient (Wildman–Crippen LogP) is 3.21. The summed E-state index contributed by atoms with van der Waals surface area (Å²) in [7, 11) is 0. The molecule has 1 aromatic heterocycles. The van der Waals surface area contributed by atoms with E-state index in [1.54, 1.807) is 24.3 Å². The summed E-state index contributed by atoms with van der Waals surface area (Å²) in [4.78, 5) is 12.7. The van der Waals surface area contributed by atoms with Gasteiger partial charge in [-0.05, 0) is 37.6 Å². The summed E-state index contributed by atoms with van der Waals surface area (Å²) in [6.45, 7) is 3.70. The van der Waals surface area contributed by atoms with E-state index in [0.29, 0.717) is 17.2 Å². The number of hydrogen-bond donors (Lipinski definition) is 2. The summed E-state index contributed by atoms with van der Waals surface area (Å²) in [6.07, 6.45) is -5.68. The summed E-state index contributed by atoms with van der Waals surface area (Å²) in [5.41, 5.74) is 2.74. The Hall–Kier alpha value is -2.68. The van der Waals surface area contributed by atoms with Gasteiger partial charge in [-0.3, -0.25) is 0 Å². The van der Waals surface area contributed by atoms with Crippen LogP contribution in [0.15, 0.2) is 35.5 Å². The van der Waals surface area contributed by atoms with Gasteiger partial charge in [0.15, 0.2) is 0 Å². The molecule has 1 unspecified atom stereocenters. The number of aromatic nitrogens is 2. The second-order valence-corrected chi connectivity index (χ2v) is 5.76. The molecule has 2 aromatic rings. The first-order chi connectivity index (χ1) is 11.7. The van der Waals surface area contributed by atoms with Gasteiger partial charge in [0, 0.05) is 17.1 Å². The number of benzene rings is 1. The molecule has 1 aliphatic heterocycles. The van der Waals surface area contributed by atoms with Crippen LogP contribution in [0.5, 0.6) is 0 Å². The molecular weight excluding hydrogens is 337 g/mol. The Morgan fingerprint density at radius 1 is 1.12 bits per heavy atom. The zero-order chi connectivity index (χ0) is 18.2. The fourth-order valence-electron chi connectivity index (χ4n) is 2.39. The Bertz CT molecular complexity index is 801. The molecule has 0 fully saturated rings. The van der Waals surface area contributed by atoms with E-state index in [2.05, 4.69) is 25.3 Å². The van der Waals surface area contributed by atoms with Crippen LogP contribution in [0.2, 0.25) is 0 Å². The maximum Gasteiger partial charge on any atom is 0.458 e. The van der Waals surface area contributed by atoms with Gasteiger partial charge in [-0.25, -0.2) is 9.97 Å². The molecule has 1 aliphatic rings. The number of nitrogens with one attached hydrogen (secondary N) is 1. The van der Waals surface area contributed by atoms with Crippen LogP contribution in [0.3, 0.4) is 0 Å². The number of aliphatic hydroxyl groups is 1. The Balaban J connectivity index is 1.73. The lowest BCUT2D eigenvalue weighted by molar-refractivity contribution is -0.355. The molecule has 2 heterocycles. The van der Waals surface area contributed by atoms with E-state index in [1.165, 1.54) is 0 Å². The Morgan fingerprint density at radius 2 is 1.72 bits per heavy atom. The number of anilines is 2. The predicted molar refractivity (Wildman–Crippen MR) is 84.5 cm³/mol. The van der Waals surface area contributed by atoms with Crippen molar-refractivity contribution < 1.29 is 23.1 Å². The van der Waals surface area contributed by atoms with Gasteiger partial charge in [0.25, 0.3) is 0 Å². The van der Waals surface area contributed by atoms with Crippen molar-refractivity contribution in [2.24, 2.45) is 5.16 Å². The molecule has 25 heavy (non-hydrogen) atoms. The first-order valence-corrected chi connectivity index (χ1v) is 7.40. The second-order valence-electron chi connectivity index (χ2n) is 5.76.